The minimum absolute atomic E-state index is 0.0798. The monoisotopic (exact) mass is 239 g/mol. The molecule has 0 saturated carbocycles. The quantitative estimate of drug-likeness (QED) is 0.634. The van der Waals surface area contributed by atoms with Gasteiger partial charge in [0.1, 0.15) is 11.9 Å². The number of hydrogen-bond donors (Lipinski definition) is 1. The van der Waals surface area contributed by atoms with Gasteiger partial charge in [0.05, 0.1) is 5.69 Å². The van der Waals surface area contributed by atoms with Gasteiger partial charge in [-0.1, -0.05) is 26.3 Å². The van der Waals surface area contributed by atoms with E-state index < -0.39 is 5.82 Å². The SMILES string of the molecule is CCCC(OC(=O)CC)c1ccc(F)c(N)c1. The Bertz CT molecular complexity index is 393. The molecule has 0 aliphatic rings. The van der Waals surface area contributed by atoms with Crippen LogP contribution in [0.1, 0.15) is 44.8 Å². The molecule has 0 radical (unpaired) electrons. The molecule has 1 atom stereocenters. The predicted octanol–water partition coefficient (Wildman–Crippen LogP) is 3.20. The molecule has 0 heterocycles. The maximum Gasteiger partial charge on any atom is 0.306 e. The van der Waals surface area contributed by atoms with Crippen molar-refractivity contribution in [1.82, 2.24) is 0 Å². The molecule has 1 aromatic carbocycles. The lowest BCUT2D eigenvalue weighted by Crippen LogP contribution is -2.11. The zero-order valence-corrected chi connectivity index (χ0v) is 10.2. The Labute approximate surface area is 101 Å². The second-order valence-electron chi connectivity index (χ2n) is 3.90. The molecule has 0 saturated heterocycles. The number of nitrogen functional groups attached to an aromatic ring is 1. The van der Waals surface area contributed by atoms with Crippen molar-refractivity contribution >= 4 is 11.7 Å². The molecule has 0 aliphatic heterocycles. The van der Waals surface area contributed by atoms with Crippen LogP contribution >= 0.6 is 0 Å². The Morgan fingerprint density at radius 2 is 2.18 bits per heavy atom. The highest BCUT2D eigenvalue weighted by Gasteiger charge is 2.16. The van der Waals surface area contributed by atoms with E-state index in [1.807, 2.05) is 6.92 Å². The first-order chi connectivity index (χ1) is 8.08. The largest absolute Gasteiger partial charge is 0.457 e. The van der Waals surface area contributed by atoms with E-state index >= 15 is 0 Å². The van der Waals surface area contributed by atoms with E-state index in [9.17, 15) is 9.18 Å². The maximum atomic E-state index is 13.0. The fourth-order valence-corrected chi connectivity index (χ4v) is 1.56. The van der Waals surface area contributed by atoms with Gasteiger partial charge in [-0.3, -0.25) is 4.79 Å². The van der Waals surface area contributed by atoms with Gasteiger partial charge in [-0.05, 0) is 24.1 Å². The average Bonchev–Trinajstić information content (AvgIpc) is 2.32. The summed E-state index contributed by atoms with van der Waals surface area (Å²) < 4.78 is 18.3. The number of anilines is 1. The molecule has 94 valence electrons. The third-order valence-corrected chi connectivity index (χ3v) is 2.51. The average molecular weight is 239 g/mol. The summed E-state index contributed by atoms with van der Waals surface area (Å²) in [5.74, 6) is -0.711. The van der Waals surface area contributed by atoms with E-state index in [2.05, 4.69) is 0 Å². The van der Waals surface area contributed by atoms with Crippen molar-refractivity contribution in [2.45, 2.75) is 39.2 Å². The molecule has 0 aromatic heterocycles. The highest BCUT2D eigenvalue weighted by Crippen LogP contribution is 2.26. The van der Waals surface area contributed by atoms with Gasteiger partial charge in [0.2, 0.25) is 0 Å². The summed E-state index contributed by atoms with van der Waals surface area (Å²) in [6, 6.07) is 4.43. The van der Waals surface area contributed by atoms with Gasteiger partial charge >= 0.3 is 5.97 Å². The molecule has 4 heteroatoms. The summed E-state index contributed by atoms with van der Waals surface area (Å²) in [5.41, 5.74) is 6.33. The fourth-order valence-electron chi connectivity index (χ4n) is 1.56. The van der Waals surface area contributed by atoms with E-state index in [0.717, 1.165) is 12.0 Å². The molecule has 0 spiro atoms. The third kappa shape index (κ3) is 3.73. The van der Waals surface area contributed by atoms with E-state index in [1.54, 1.807) is 13.0 Å². The highest BCUT2D eigenvalue weighted by atomic mass is 19.1. The number of hydrogen-bond acceptors (Lipinski definition) is 3. The Balaban J connectivity index is 2.88. The Kier molecular flexibility index (Phi) is 4.94. The minimum Gasteiger partial charge on any atom is -0.457 e. The number of nitrogens with two attached hydrogens (primary N) is 1. The van der Waals surface area contributed by atoms with Gasteiger partial charge in [0.25, 0.3) is 0 Å². The van der Waals surface area contributed by atoms with E-state index in [1.165, 1.54) is 12.1 Å². The summed E-state index contributed by atoms with van der Waals surface area (Å²) in [6.07, 6.45) is 1.57. The van der Waals surface area contributed by atoms with Crippen LogP contribution in [0.5, 0.6) is 0 Å². The van der Waals surface area contributed by atoms with Crippen molar-refractivity contribution < 1.29 is 13.9 Å². The first kappa shape index (κ1) is 13.5. The molecule has 0 fully saturated rings. The van der Waals surface area contributed by atoms with E-state index in [0.29, 0.717) is 12.8 Å². The molecule has 3 nitrogen and oxygen atoms in total. The zero-order chi connectivity index (χ0) is 12.8. The molecular weight excluding hydrogens is 221 g/mol. The number of benzene rings is 1. The molecule has 0 aliphatic carbocycles. The lowest BCUT2D eigenvalue weighted by Gasteiger charge is -2.17. The van der Waals surface area contributed by atoms with Gasteiger partial charge in [0, 0.05) is 6.42 Å². The highest BCUT2D eigenvalue weighted by molar-refractivity contribution is 5.69. The summed E-state index contributed by atoms with van der Waals surface area (Å²) in [7, 11) is 0. The Morgan fingerprint density at radius 1 is 1.47 bits per heavy atom. The molecule has 0 bridgehead atoms. The molecule has 1 rings (SSSR count). The number of carbonyl (C=O) groups is 1. The lowest BCUT2D eigenvalue weighted by atomic mass is 10.0. The molecule has 17 heavy (non-hydrogen) atoms. The van der Waals surface area contributed by atoms with Gasteiger partial charge in [-0.2, -0.15) is 0 Å². The van der Waals surface area contributed by atoms with Gasteiger partial charge < -0.3 is 10.5 Å². The van der Waals surface area contributed by atoms with Crippen LogP contribution in [0, 0.1) is 5.82 Å². The van der Waals surface area contributed by atoms with Gasteiger partial charge in [-0.15, -0.1) is 0 Å². The first-order valence-corrected chi connectivity index (χ1v) is 5.82. The van der Waals surface area contributed by atoms with Crippen LogP contribution in [-0.2, 0) is 9.53 Å². The van der Waals surface area contributed by atoms with Crippen molar-refractivity contribution in [2.75, 3.05) is 5.73 Å². The predicted molar refractivity (Wildman–Crippen MR) is 64.8 cm³/mol. The maximum absolute atomic E-state index is 13.0. The van der Waals surface area contributed by atoms with Crippen LogP contribution in [0.15, 0.2) is 18.2 Å². The zero-order valence-electron chi connectivity index (χ0n) is 10.2. The van der Waals surface area contributed by atoms with Crippen LogP contribution in [0.4, 0.5) is 10.1 Å². The number of rotatable bonds is 5. The van der Waals surface area contributed by atoms with Crippen LogP contribution in [0.3, 0.4) is 0 Å². The molecule has 2 N–H and O–H groups in total. The van der Waals surface area contributed by atoms with Crippen molar-refractivity contribution in [1.29, 1.82) is 0 Å². The second-order valence-corrected chi connectivity index (χ2v) is 3.90. The topological polar surface area (TPSA) is 52.3 Å². The van der Waals surface area contributed by atoms with Gasteiger partial charge in [0.15, 0.2) is 0 Å². The van der Waals surface area contributed by atoms with E-state index in [-0.39, 0.29) is 17.8 Å². The third-order valence-electron chi connectivity index (χ3n) is 2.51. The van der Waals surface area contributed by atoms with Crippen molar-refractivity contribution in [3.8, 4) is 0 Å². The molecule has 1 unspecified atom stereocenters. The second kappa shape index (κ2) is 6.23. The minimum atomic E-state index is -0.453. The molecule has 1 aromatic rings. The summed E-state index contributed by atoms with van der Waals surface area (Å²) in [4.78, 5) is 11.3. The van der Waals surface area contributed by atoms with E-state index in [4.69, 9.17) is 10.5 Å². The van der Waals surface area contributed by atoms with Crippen molar-refractivity contribution in [3.63, 3.8) is 0 Å². The normalized spacial score (nSPS) is 12.2. The Morgan fingerprint density at radius 3 is 2.71 bits per heavy atom. The molecule has 0 amide bonds. The Hall–Kier alpha value is -1.58. The van der Waals surface area contributed by atoms with Crippen LogP contribution in [0.2, 0.25) is 0 Å². The van der Waals surface area contributed by atoms with Crippen LogP contribution in [-0.4, -0.2) is 5.97 Å². The summed E-state index contributed by atoms with van der Waals surface area (Å²) >= 11 is 0. The number of esters is 1. The number of halogens is 1. The van der Waals surface area contributed by atoms with Crippen molar-refractivity contribution in [2.24, 2.45) is 0 Å². The van der Waals surface area contributed by atoms with Crippen LogP contribution in [0.25, 0.3) is 0 Å². The summed E-state index contributed by atoms with van der Waals surface area (Å²) in [5, 5.41) is 0. The summed E-state index contributed by atoms with van der Waals surface area (Å²) in [6.45, 7) is 3.74. The van der Waals surface area contributed by atoms with Crippen molar-refractivity contribution in [3.05, 3.63) is 29.6 Å². The lowest BCUT2D eigenvalue weighted by molar-refractivity contribution is -0.149. The van der Waals surface area contributed by atoms with Crippen LogP contribution < -0.4 is 5.73 Å². The van der Waals surface area contributed by atoms with Gasteiger partial charge in [-0.25, -0.2) is 4.39 Å². The molecular formula is C13H18FNO2. The first-order valence-electron chi connectivity index (χ1n) is 5.82. The standard InChI is InChI=1S/C13H18FNO2/c1-3-5-12(17-13(16)4-2)9-6-7-10(14)11(15)8-9/h6-8,12H,3-5,15H2,1-2H3. The fraction of sp³-hybridized carbons (Fsp3) is 0.462. The smallest absolute Gasteiger partial charge is 0.306 e. The number of ether oxygens (including phenoxy) is 1. The number of carbonyl (C=O) groups excluding carboxylic acids is 1.